The van der Waals surface area contributed by atoms with Crippen molar-refractivity contribution in [2.75, 3.05) is 0 Å². The van der Waals surface area contributed by atoms with Gasteiger partial charge in [-0.15, -0.1) is 0 Å². The lowest BCUT2D eigenvalue weighted by Gasteiger charge is -2.33. The van der Waals surface area contributed by atoms with Crippen LogP contribution in [0.15, 0.2) is 12.1 Å². The molecule has 0 aromatic heterocycles. The first-order chi connectivity index (χ1) is 11.5. The Bertz CT molecular complexity index is 502. The summed E-state index contributed by atoms with van der Waals surface area (Å²) < 4.78 is 0. The molecule has 2 saturated carbocycles. The first kappa shape index (κ1) is 18.0. The van der Waals surface area contributed by atoms with E-state index in [1.807, 2.05) is 0 Å². The molecule has 0 N–H and O–H groups in total. The largest absolute Gasteiger partial charge is 0.0625 e. The molecule has 0 heteroatoms. The van der Waals surface area contributed by atoms with Crippen LogP contribution in [-0.2, 0) is 6.42 Å². The minimum atomic E-state index is 0.939. The van der Waals surface area contributed by atoms with Gasteiger partial charge in [-0.3, -0.25) is 0 Å². The third-order valence-electron chi connectivity index (χ3n) is 7.28. The molecule has 2 fully saturated rings. The van der Waals surface area contributed by atoms with Crippen molar-refractivity contribution in [3.8, 4) is 0 Å². The smallest absolute Gasteiger partial charge is 0.0250 e. The van der Waals surface area contributed by atoms with Gasteiger partial charge in [0.1, 0.15) is 0 Å². The zero-order valence-electron chi connectivity index (χ0n) is 16.5. The molecule has 0 bridgehead atoms. The van der Waals surface area contributed by atoms with E-state index >= 15 is 0 Å². The molecule has 0 nitrogen and oxygen atoms in total. The lowest BCUT2D eigenvalue weighted by Crippen LogP contribution is -2.21. The van der Waals surface area contributed by atoms with E-state index in [0.29, 0.717) is 0 Å². The molecule has 0 saturated heterocycles. The summed E-state index contributed by atoms with van der Waals surface area (Å²) in [4.78, 5) is 0. The molecule has 1 aromatic carbocycles. The standard InChI is InChI=1S/C24H38/c1-17-5-7-21(8-6-17)15-22-9-11-23(12-10-22)16-24-13-18(2)20(4)19(3)14-24/h13-14,17,21-23H,5-12,15-16H2,1-4H3. The van der Waals surface area contributed by atoms with Crippen LogP contribution in [0.4, 0.5) is 0 Å². The van der Waals surface area contributed by atoms with Crippen LogP contribution in [0.3, 0.4) is 0 Å². The zero-order valence-corrected chi connectivity index (χ0v) is 16.5. The number of rotatable bonds is 4. The molecule has 0 amide bonds. The van der Waals surface area contributed by atoms with Crippen LogP contribution in [-0.4, -0.2) is 0 Å². The second-order valence-electron chi connectivity index (χ2n) is 9.31. The molecule has 3 rings (SSSR count). The molecule has 2 aliphatic rings. The van der Waals surface area contributed by atoms with Gasteiger partial charge >= 0.3 is 0 Å². The molecule has 0 unspecified atom stereocenters. The lowest BCUT2D eigenvalue weighted by atomic mass is 9.72. The fourth-order valence-corrected chi connectivity index (χ4v) is 5.28. The summed E-state index contributed by atoms with van der Waals surface area (Å²) in [7, 11) is 0. The molecule has 1 aromatic rings. The SMILES string of the molecule is Cc1cc(CC2CCC(CC3CCC(C)CC3)CC2)cc(C)c1C. The number of aryl methyl sites for hydroxylation is 2. The molecular weight excluding hydrogens is 288 g/mol. The molecule has 2 aliphatic carbocycles. The van der Waals surface area contributed by atoms with Crippen LogP contribution in [0, 0.1) is 44.4 Å². The van der Waals surface area contributed by atoms with Crippen molar-refractivity contribution in [1.29, 1.82) is 0 Å². The van der Waals surface area contributed by atoms with Crippen molar-refractivity contribution in [3.05, 3.63) is 34.4 Å². The maximum atomic E-state index is 2.44. The normalized spacial score (nSPS) is 31.2. The van der Waals surface area contributed by atoms with Crippen molar-refractivity contribution < 1.29 is 0 Å². The van der Waals surface area contributed by atoms with Crippen molar-refractivity contribution in [2.24, 2.45) is 23.7 Å². The van der Waals surface area contributed by atoms with Crippen LogP contribution < -0.4 is 0 Å². The Hall–Kier alpha value is -0.780. The highest BCUT2D eigenvalue weighted by Gasteiger charge is 2.26. The lowest BCUT2D eigenvalue weighted by molar-refractivity contribution is 0.195. The van der Waals surface area contributed by atoms with Gasteiger partial charge in [0, 0.05) is 0 Å². The van der Waals surface area contributed by atoms with Crippen molar-refractivity contribution in [3.63, 3.8) is 0 Å². The number of benzene rings is 1. The summed E-state index contributed by atoms with van der Waals surface area (Å²) in [6.45, 7) is 9.24. The average Bonchev–Trinajstić information content (AvgIpc) is 2.56. The topological polar surface area (TPSA) is 0 Å². The van der Waals surface area contributed by atoms with E-state index in [0.717, 1.165) is 23.7 Å². The van der Waals surface area contributed by atoms with E-state index in [1.165, 1.54) is 74.5 Å². The van der Waals surface area contributed by atoms with Gasteiger partial charge in [-0.25, -0.2) is 0 Å². The Labute approximate surface area is 150 Å². The van der Waals surface area contributed by atoms with Gasteiger partial charge in [0.2, 0.25) is 0 Å². The van der Waals surface area contributed by atoms with Gasteiger partial charge in [-0.2, -0.15) is 0 Å². The zero-order chi connectivity index (χ0) is 17.1. The highest BCUT2D eigenvalue weighted by Crippen LogP contribution is 2.39. The second-order valence-corrected chi connectivity index (χ2v) is 9.31. The molecule has 0 atom stereocenters. The van der Waals surface area contributed by atoms with Crippen molar-refractivity contribution >= 4 is 0 Å². The predicted molar refractivity (Wildman–Crippen MR) is 106 cm³/mol. The highest BCUT2D eigenvalue weighted by molar-refractivity contribution is 5.37. The molecule has 0 spiro atoms. The van der Waals surface area contributed by atoms with Gasteiger partial charge in [0.15, 0.2) is 0 Å². The van der Waals surface area contributed by atoms with E-state index in [9.17, 15) is 0 Å². The molecular formula is C24H38. The summed E-state index contributed by atoms with van der Waals surface area (Å²) in [5.41, 5.74) is 6.01. The Morgan fingerprint density at radius 3 is 1.71 bits per heavy atom. The predicted octanol–water partition coefficient (Wildman–Crippen LogP) is 7.18. The van der Waals surface area contributed by atoms with E-state index in [-0.39, 0.29) is 0 Å². The average molecular weight is 327 g/mol. The monoisotopic (exact) mass is 326 g/mol. The maximum absolute atomic E-state index is 2.44. The van der Waals surface area contributed by atoms with E-state index in [2.05, 4.69) is 39.8 Å². The third-order valence-corrected chi connectivity index (χ3v) is 7.28. The summed E-state index contributed by atoms with van der Waals surface area (Å²) >= 11 is 0. The Balaban J connectivity index is 1.45. The fourth-order valence-electron chi connectivity index (χ4n) is 5.28. The number of hydrogen-bond acceptors (Lipinski definition) is 0. The summed E-state index contributed by atoms with van der Waals surface area (Å²) in [5, 5.41) is 0. The van der Waals surface area contributed by atoms with Gasteiger partial charge < -0.3 is 0 Å². The first-order valence-corrected chi connectivity index (χ1v) is 10.6. The van der Waals surface area contributed by atoms with E-state index in [1.54, 1.807) is 12.0 Å². The van der Waals surface area contributed by atoms with Crippen LogP contribution in [0.1, 0.15) is 87.0 Å². The Morgan fingerprint density at radius 2 is 1.17 bits per heavy atom. The second kappa shape index (κ2) is 8.07. The molecule has 0 aliphatic heterocycles. The Morgan fingerprint density at radius 1 is 0.708 bits per heavy atom. The molecule has 0 heterocycles. The molecule has 0 radical (unpaired) electrons. The van der Waals surface area contributed by atoms with Crippen LogP contribution in [0.5, 0.6) is 0 Å². The minimum absolute atomic E-state index is 0.939. The highest BCUT2D eigenvalue weighted by atomic mass is 14.3. The van der Waals surface area contributed by atoms with Gasteiger partial charge in [0.25, 0.3) is 0 Å². The molecule has 24 heavy (non-hydrogen) atoms. The summed E-state index contributed by atoms with van der Waals surface area (Å²) in [5.74, 6) is 4.04. The summed E-state index contributed by atoms with van der Waals surface area (Å²) in [6.07, 6.45) is 14.8. The van der Waals surface area contributed by atoms with Crippen molar-refractivity contribution in [2.45, 2.75) is 91.9 Å². The van der Waals surface area contributed by atoms with E-state index < -0.39 is 0 Å². The third kappa shape index (κ3) is 4.64. The van der Waals surface area contributed by atoms with Crippen LogP contribution in [0.2, 0.25) is 0 Å². The van der Waals surface area contributed by atoms with Gasteiger partial charge in [0.05, 0.1) is 0 Å². The fraction of sp³-hybridized carbons (Fsp3) is 0.750. The van der Waals surface area contributed by atoms with Crippen molar-refractivity contribution in [1.82, 2.24) is 0 Å². The van der Waals surface area contributed by atoms with Gasteiger partial charge in [-0.05, 0) is 92.4 Å². The molecule has 134 valence electrons. The van der Waals surface area contributed by atoms with Crippen LogP contribution >= 0.6 is 0 Å². The van der Waals surface area contributed by atoms with Gasteiger partial charge in [-0.1, -0.05) is 57.6 Å². The minimum Gasteiger partial charge on any atom is -0.0625 e. The number of hydrogen-bond donors (Lipinski definition) is 0. The van der Waals surface area contributed by atoms with Crippen LogP contribution in [0.25, 0.3) is 0 Å². The van der Waals surface area contributed by atoms with E-state index in [4.69, 9.17) is 0 Å². The maximum Gasteiger partial charge on any atom is -0.0250 e. The first-order valence-electron chi connectivity index (χ1n) is 10.6. The Kier molecular flexibility index (Phi) is 6.06. The summed E-state index contributed by atoms with van der Waals surface area (Å²) in [6, 6.07) is 4.88. The quantitative estimate of drug-likeness (QED) is 0.550.